The molecule has 1 aromatic carbocycles. The zero-order valence-corrected chi connectivity index (χ0v) is 15.4. The van der Waals surface area contributed by atoms with Crippen LogP contribution in [-0.4, -0.2) is 34.2 Å². The maximum Gasteiger partial charge on any atom is 0.307 e. The van der Waals surface area contributed by atoms with Gasteiger partial charge in [0.05, 0.1) is 12.3 Å². The summed E-state index contributed by atoms with van der Waals surface area (Å²) in [4.78, 5) is 28.7. The third kappa shape index (κ3) is 3.59. The average molecular weight is 369 g/mol. The van der Waals surface area contributed by atoms with E-state index >= 15 is 0 Å². The molecule has 2 heterocycles. The van der Waals surface area contributed by atoms with Crippen molar-refractivity contribution in [1.82, 2.24) is 15.5 Å². The van der Waals surface area contributed by atoms with Gasteiger partial charge in [-0.3, -0.25) is 9.59 Å². The Hall–Kier alpha value is -2.70. The first-order valence-corrected chi connectivity index (χ1v) is 9.45. The van der Waals surface area contributed by atoms with E-state index in [2.05, 4.69) is 15.5 Å². The highest BCUT2D eigenvalue weighted by Crippen LogP contribution is 2.45. The molecule has 2 aromatic rings. The summed E-state index contributed by atoms with van der Waals surface area (Å²) < 4.78 is 10.8. The van der Waals surface area contributed by atoms with E-state index in [-0.39, 0.29) is 18.3 Å². The number of benzene rings is 1. The van der Waals surface area contributed by atoms with Crippen molar-refractivity contribution in [2.75, 3.05) is 6.54 Å². The Morgan fingerprint density at radius 3 is 2.74 bits per heavy atom. The van der Waals surface area contributed by atoms with Crippen LogP contribution in [0.15, 0.2) is 28.8 Å². The molecular formula is C20H23N3O4. The summed E-state index contributed by atoms with van der Waals surface area (Å²) in [5.74, 6) is 0.229. The van der Waals surface area contributed by atoms with Crippen molar-refractivity contribution in [3.8, 4) is 11.4 Å². The van der Waals surface area contributed by atoms with Gasteiger partial charge in [-0.2, -0.15) is 4.98 Å². The van der Waals surface area contributed by atoms with Gasteiger partial charge in [0, 0.05) is 18.5 Å². The van der Waals surface area contributed by atoms with Gasteiger partial charge in [0.1, 0.15) is 5.60 Å². The first-order chi connectivity index (χ1) is 13.1. The molecule has 4 rings (SSSR count). The number of aryl methyl sites for hydroxylation is 1. The van der Waals surface area contributed by atoms with E-state index in [1.807, 2.05) is 31.2 Å². The molecule has 1 N–H and O–H groups in total. The Kier molecular flexibility index (Phi) is 4.68. The summed E-state index contributed by atoms with van der Waals surface area (Å²) in [6, 6.07) is 7.89. The van der Waals surface area contributed by atoms with E-state index in [0.717, 1.165) is 31.2 Å². The minimum Gasteiger partial charge on any atom is -0.458 e. The van der Waals surface area contributed by atoms with Gasteiger partial charge in [0.25, 0.3) is 0 Å². The second kappa shape index (κ2) is 7.13. The molecule has 142 valence electrons. The van der Waals surface area contributed by atoms with Gasteiger partial charge >= 0.3 is 5.97 Å². The van der Waals surface area contributed by atoms with Gasteiger partial charge in [0.2, 0.25) is 17.6 Å². The van der Waals surface area contributed by atoms with Gasteiger partial charge in [-0.15, -0.1) is 0 Å². The Labute approximate surface area is 157 Å². The number of carbonyl (C=O) groups is 2. The van der Waals surface area contributed by atoms with Gasteiger partial charge in [-0.05, 0) is 32.6 Å². The van der Waals surface area contributed by atoms with Crippen LogP contribution in [0, 0.1) is 12.8 Å². The van der Waals surface area contributed by atoms with Gasteiger partial charge in [-0.25, -0.2) is 0 Å². The minimum absolute atomic E-state index is 0.124. The first kappa shape index (κ1) is 17.7. The van der Waals surface area contributed by atoms with Crippen LogP contribution in [-0.2, 0) is 20.7 Å². The molecule has 1 aromatic heterocycles. The molecule has 1 amide bonds. The molecule has 7 nitrogen and oxygen atoms in total. The molecule has 0 radical (unpaired) electrons. The SMILES string of the molecule is Cc1ccc(-c2noc(CCNC(=O)[C@H]3CC(=O)OC34CCCC4)n2)cc1. The van der Waals surface area contributed by atoms with Crippen LogP contribution in [0.25, 0.3) is 11.4 Å². The molecule has 1 aliphatic carbocycles. The van der Waals surface area contributed by atoms with Crippen LogP contribution in [0.3, 0.4) is 0 Å². The van der Waals surface area contributed by atoms with Crippen LogP contribution in [0.2, 0.25) is 0 Å². The van der Waals surface area contributed by atoms with Gasteiger partial charge in [-0.1, -0.05) is 35.0 Å². The number of aromatic nitrogens is 2. The van der Waals surface area contributed by atoms with Crippen LogP contribution < -0.4 is 5.32 Å². The highest BCUT2D eigenvalue weighted by atomic mass is 16.6. The molecule has 1 atom stereocenters. The molecule has 0 bridgehead atoms. The second-order valence-electron chi connectivity index (χ2n) is 7.42. The Bertz CT molecular complexity index is 837. The molecule has 2 fully saturated rings. The molecule has 1 saturated heterocycles. The summed E-state index contributed by atoms with van der Waals surface area (Å²) in [5, 5.41) is 6.90. The van der Waals surface area contributed by atoms with E-state index in [4.69, 9.17) is 9.26 Å². The third-order valence-electron chi connectivity index (χ3n) is 5.51. The zero-order chi connectivity index (χ0) is 18.9. The lowest BCUT2D eigenvalue weighted by atomic mass is 9.85. The van der Waals surface area contributed by atoms with Crippen LogP contribution >= 0.6 is 0 Å². The molecule has 2 aliphatic rings. The van der Waals surface area contributed by atoms with Crippen molar-refractivity contribution in [1.29, 1.82) is 0 Å². The first-order valence-electron chi connectivity index (χ1n) is 9.45. The lowest BCUT2D eigenvalue weighted by Gasteiger charge is -2.27. The quantitative estimate of drug-likeness (QED) is 0.814. The van der Waals surface area contributed by atoms with Crippen molar-refractivity contribution in [2.24, 2.45) is 5.92 Å². The number of esters is 1. The number of hydrogen-bond donors (Lipinski definition) is 1. The molecule has 1 saturated carbocycles. The topological polar surface area (TPSA) is 94.3 Å². The van der Waals surface area contributed by atoms with E-state index < -0.39 is 11.5 Å². The average Bonchev–Trinajstić information content (AvgIpc) is 3.37. The second-order valence-corrected chi connectivity index (χ2v) is 7.42. The standard InChI is InChI=1S/C20H23N3O4/c1-13-4-6-14(7-5-13)18-22-16(27-23-18)8-11-21-19(25)15-12-17(24)26-20(15)9-2-3-10-20/h4-7,15H,2-3,8-12H2,1H3,(H,21,25)/t15-/m1/s1. The molecule has 1 aliphatic heterocycles. The normalized spacial score (nSPS) is 20.8. The summed E-state index contributed by atoms with van der Waals surface area (Å²) >= 11 is 0. The summed E-state index contributed by atoms with van der Waals surface area (Å²) in [6.45, 7) is 2.40. The predicted molar refractivity (Wildman–Crippen MR) is 96.6 cm³/mol. The molecule has 27 heavy (non-hydrogen) atoms. The smallest absolute Gasteiger partial charge is 0.307 e. The Morgan fingerprint density at radius 2 is 2.00 bits per heavy atom. The van der Waals surface area contributed by atoms with Crippen molar-refractivity contribution < 1.29 is 18.8 Å². The fourth-order valence-electron chi connectivity index (χ4n) is 4.04. The predicted octanol–water partition coefficient (Wildman–Crippen LogP) is 2.58. The molecule has 7 heteroatoms. The fraction of sp³-hybridized carbons (Fsp3) is 0.500. The van der Waals surface area contributed by atoms with Crippen molar-refractivity contribution in [3.63, 3.8) is 0 Å². The maximum atomic E-state index is 12.6. The maximum absolute atomic E-state index is 12.6. The number of amides is 1. The Morgan fingerprint density at radius 1 is 1.26 bits per heavy atom. The van der Waals surface area contributed by atoms with Crippen LogP contribution in [0.1, 0.15) is 43.6 Å². The van der Waals surface area contributed by atoms with Gasteiger partial charge < -0.3 is 14.6 Å². The number of nitrogens with zero attached hydrogens (tertiary/aromatic N) is 2. The fourth-order valence-corrected chi connectivity index (χ4v) is 4.04. The molecular weight excluding hydrogens is 346 g/mol. The van der Waals surface area contributed by atoms with E-state index in [9.17, 15) is 9.59 Å². The lowest BCUT2D eigenvalue weighted by Crippen LogP contribution is -2.43. The lowest BCUT2D eigenvalue weighted by molar-refractivity contribution is -0.149. The monoisotopic (exact) mass is 369 g/mol. The summed E-state index contributed by atoms with van der Waals surface area (Å²) in [7, 11) is 0. The van der Waals surface area contributed by atoms with E-state index in [1.165, 1.54) is 5.56 Å². The number of carbonyl (C=O) groups excluding carboxylic acids is 2. The highest BCUT2D eigenvalue weighted by Gasteiger charge is 2.53. The van der Waals surface area contributed by atoms with E-state index in [0.29, 0.717) is 24.7 Å². The summed E-state index contributed by atoms with van der Waals surface area (Å²) in [5.41, 5.74) is 1.48. The van der Waals surface area contributed by atoms with Crippen molar-refractivity contribution in [3.05, 3.63) is 35.7 Å². The summed E-state index contributed by atoms with van der Waals surface area (Å²) in [6.07, 6.45) is 4.17. The molecule has 1 spiro atoms. The zero-order valence-electron chi connectivity index (χ0n) is 15.4. The molecule has 0 unspecified atom stereocenters. The number of rotatable bonds is 5. The minimum atomic E-state index is -0.579. The largest absolute Gasteiger partial charge is 0.458 e. The Balaban J connectivity index is 1.33. The number of hydrogen-bond acceptors (Lipinski definition) is 6. The number of ether oxygens (including phenoxy) is 1. The van der Waals surface area contributed by atoms with Crippen molar-refractivity contribution in [2.45, 2.75) is 51.0 Å². The highest BCUT2D eigenvalue weighted by molar-refractivity contribution is 5.87. The van der Waals surface area contributed by atoms with Crippen molar-refractivity contribution >= 4 is 11.9 Å². The number of nitrogens with one attached hydrogen (secondary N) is 1. The van der Waals surface area contributed by atoms with Crippen LogP contribution in [0.5, 0.6) is 0 Å². The third-order valence-corrected chi connectivity index (χ3v) is 5.51. The van der Waals surface area contributed by atoms with Crippen LogP contribution in [0.4, 0.5) is 0 Å². The van der Waals surface area contributed by atoms with Gasteiger partial charge in [0.15, 0.2) is 0 Å². The van der Waals surface area contributed by atoms with E-state index in [1.54, 1.807) is 0 Å².